The van der Waals surface area contributed by atoms with Gasteiger partial charge in [-0.15, -0.1) is 0 Å². The lowest BCUT2D eigenvalue weighted by Gasteiger charge is -2.16. The summed E-state index contributed by atoms with van der Waals surface area (Å²) in [6, 6.07) is 0. The number of ether oxygens (including phenoxy) is 1. The van der Waals surface area contributed by atoms with Crippen LogP contribution in [0.4, 0.5) is 4.79 Å². The SMILES string of the molecule is CC(C)(C)OC(N)=O.CC1CCCCC1.CCCO. The van der Waals surface area contributed by atoms with Gasteiger partial charge in [0.2, 0.25) is 0 Å². The third-order valence-electron chi connectivity index (χ3n) is 2.52. The molecular formula is C15H33NO3. The number of rotatable bonds is 1. The highest BCUT2D eigenvalue weighted by Gasteiger charge is 2.12. The predicted molar refractivity (Wildman–Crippen MR) is 80.0 cm³/mol. The minimum atomic E-state index is -0.725. The van der Waals surface area contributed by atoms with Gasteiger partial charge in [-0.2, -0.15) is 0 Å². The van der Waals surface area contributed by atoms with Crippen LogP contribution in [0.15, 0.2) is 0 Å². The van der Waals surface area contributed by atoms with E-state index in [1.807, 2.05) is 6.92 Å². The molecule has 0 atom stereocenters. The molecule has 1 rings (SSSR count). The summed E-state index contributed by atoms with van der Waals surface area (Å²) < 4.78 is 4.58. The van der Waals surface area contributed by atoms with Crippen molar-refractivity contribution in [2.24, 2.45) is 11.7 Å². The maximum Gasteiger partial charge on any atom is 0.405 e. The average molecular weight is 275 g/mol. The molecule has 0 aliphatic heterocycles. The first-order valence-electron chi connectivity index (χ1n) is 7.32. The number of carbonyl (C=O) groups is 1. The Labute approximate surface area is 118 Å². The van der Waals surface area contributed by atoms with Crippen molar-refractivity contribution in [3.8, 4) is 0 Å². The van der Waals surface area contributed by atoms with E-state index in [1.165, 1.54) is 32.1 Å². The highest BCUT2D eigenvalue weighted by atomic mass is 16.6. The van der Waals surface area contributed by atoms with Crippen molar-refractivity contribution in [2.45, 2.75) is 78.7 Å². The quantitative estimate of drug-likeness (QED) is 0.763. The van der Waals surface area contributed by atoms with E-state index in [0.717, 1.165) is 12.3 Å². The molecule has 1 fully saturated rings. The molecule has 0 unspecified atom stereocenters. The van der Waals surface area contributed by atoms with Gasteiger partial charge in [0, 0.05) is 6.61 Å². The molecule has 0 aromatic rings. The summed E-state index contributed by atoms with van der Waals surface area (Å²) in [6.45, 7) is 9.90. The van der Waals surface area contributed by atoms with Gasteiger partial charge in [0.15, 0.2) is 0 Å². The van der Waals surface area contributed by atoms with Crippen LogP contribution < -0.4 is 5.73 Å². The summed E-state index contributed by atoms with van der Waals surface area (Å²) in [5.41, 5.74) is 4.26. The molecule has 0 spiro atoms. The monoisotopic (exact) mass is 275 g/mol. The van der Waals surface area contributed by atoms with E-state index in [0.29, 0.717) is 6.61 Å². The molecule has 1 saturated carbocycles. The average Bonchev–Trinajstić information content (AvgIpc) is 2.28. The van der Waals surface area contributed by atoms with Crippen LogP contribution in [0.3, 0.4) is 0 Å². The fourth-order valence-corrected chi connectivity index (χ4v) is 1.61. The Morgan fingerprint density at radius 3 is 1.79 bits per heavy atom. The zero-order chi connectivity index (χ0) is 15.3. The van der Waals surface area contributed by atoms with Crippen molar-refractivity contribution >= 4 is 6.09 Å². The number of hydrogen-bond acceptors (Lipinski definition) is 3. The number of amides is 1. The third kappa shape index (κ3) is 22.8. The molecule has 1 aliphatic rings. The van der Waals surface area contributed by atoms with E-state index in [9.17, 15) is 4.79 Å². The summed E-state index contributed by atoms with van der Waals surface area (Å²) in [4.78, 5) is 10.0. The van der Waals surface area contributed by atoms with E-state index in [2.05, 4.69) is 11.7 Å². The van der Waals surface area contributed by atoms with Gasteiger partial charge >= 0.3 is 6.09 Å². The van der Waals surface area contributed by atoms with E-state index in [-0.39, 0.29) is 0 Å². The molecular weight excluding hydrogens is 242 g/mol. The van der Waals surface area contributed by atoms with Gasteiger partial charge in [0.05, 0.1) is 0 Å². The smallest absolute Gasteiger partial charge is 0.405 e. The molecule has 0 bridgehead atoms. The van der Waals surface area contributed by atoms with Gasteiger partial charge in [0.1, 0.15) is 5.60 Å². The Morgan fingerprint density at radius 1 is 1.26 bits per heavy atom. The summed E-state index contributed by atoms with van der Waals surface area (Å²) in [5, 5.41) is 7.88. The largest absolute Gasteiger partial charge is 0.444 e. The predicted octanol–water partition coefficient (Wildman–Crippen LogP) is 3.86. The first kappa shape index (κ1) is 20.5. The number of aliphatic hydroxyl groups is 1. The third-order valence-corrected chi connectivity index (χ3v) is 2.52. The minimum Gasteiger partial charge on any atom is -0.444 e. The Hall–Kier alpha value is -0.770. The second-order valence-corrected chi connectivity index (χ2v) is 6.00. The molecule has 19 heavy (non-hydrogen) atoms. The first-order chi connectivity index (χ1) is 8.72. The van der Waals surface area contributed by atoms with Crippen molar-refractivity contribution in [1.29, 1.82) is 0 Å². The lowest BCUT2D eigenvalue weighted by molar-refractivity contribution is 0.0600. The molecule has 0 heterocycles. The molecule has 0 radical (unpaired) electrons. The molecule has 116 valence electrons. The number of nitrogens with two attached hydrogens (primary N) is 1. The Bertz CT molecular complexity index is 204. The van der Waals surface area contributed by atoms with Gasteiger partial charge < -0.3 is 15.6 Å². The van der Waals surface area contributed by atoms with E-state index in [4.69, 9.17) is 10.8 Å². The van der Waals surface area contributed by atoms with Gasteiger partial charge in [-0.05, 0) is 33.1 Å². The summed E-state index contributed by atoms with van der Waals surface area (Å²) >= 11 is 0. The van der Waals surface area contributed by atoms with Crippen molar-refractivity contribution in [3.05, 3.63) is 0 Å². The normalized spacial score (nSPS) is 15.5. The van der Waals surface area contributed by atoms with Crippen molar-refractivity contribution in [3.63, 3.8) is 0 Å². The Morgan fingerprint density at radius 2 is 1.68 bits per heavy atom. The number of hydrogen-bond donors (Lipinski definition) is 2. The van der Waals surface area contributed by atoms with Gasteiger partial charge in [-0.3, -0.25) is 0 Å². The maximum absolute atomic E-state index is 10.0. The molecule has 3 N–H and O–H groups in total. The highest BCUT2D eigenvalue weighted by Crippen LogP contribution is 2.22. The van der Waals surface area contributed by atoms with E-state index < -0.39 is 11.7 Å². The second kappa shape index (κ2) is 12.3. The molecule has 4 nitrogen and oxygen atoms in total. The van der Waals surface area contributed by atoms with Crippen molar-refractivity contribution in [1.82, 2.24) is 0 Å². The summed E-state index contributed by atoms with van der Waals surface area (Å²) in [5.74, 6) is 1.04. The molecule has 1 amide bonds. The Kier molecular flexibility index (Phi) is 13.3. The number of carbonyl (C=O) groups excluding carboxylic acids is 1. The molecule has 4 heteroatoms. The van der Waals surface area contributed by atoms with Crippen LogP contribution in [0.25, 0.3) is 0 Å². The highest BCUT2D eigenvalue weighted by molar-refractivity contribution is 5.65. The molecule has 0 saturated heterocycles. The lowest BCUT2D eigenvalue weighted by atomic mass is 9.91. The van der Waals surface area contributed by atoms with Gasteiger partial charge in [0.25, 0.3) is 0 Å². The van der Waals surface area contributed by atoms with Crippen LogP contribution in [0, 0.1) is 5.92 Å². The zero-order valence-electron chi connectivity index (χ0n) is 13.4. The van der Waals surface area contributed by atoms with Crippen LogP contribution in [-0.2, 0) is 4.74 Å². The standard InChI is InChI=1S/C7H14.C5H11NO2.C3H8O/c1-7-5-3-2-4-6-7;1-5(2,3)8-4(6)7;1-2-3-4/h7H,2-6H2,1H3;1-3H3,(H2,6,7);4H,2-3H2,1H3. The van der Waals surface area contributed by atoms with Crippen LogP contribution >= 0.6 is 0 Å². The second-order valence-electron chi connectivity index (χ2n) is 6.00. The minimum absolute atomic E-state index is 0.319. The van der Waals surface area contributed by atoms with E-state index in [1.54, 1.807) is 20.8 Å². The maximum atomic E-state index is 10.0. The Balaban J connectivity index is 0. The summed E-state index contributed by atoms with van der Waals surface area (Å²) in [6.07, 6.45) is 7.59. The zero-order valence-corrected chi connectivity index (χ0v) is 13.4. The topological polar surface area (TPSA) is 72.5 Å². The van der Waals surface area contributed by atoms with Crippen molar-refractivity contribution < 1.29 is 14.6 Å². The molecule has 0 aromatic heterocycles. The molecule has 1 aliphatic carbocycles. The van der Waals surface area contributed by atoms with Crippen LogP contribution in [-0.4, -0.2) is 23.4 Å². The fraction of sp³-hybridized carbons (Fsp3) is 0.933. The van der Waals surface area contributed by atoms with Crippen molar-refractivity contribution in [2.75, 3.05) is 6.61 Å². The van der Waals surface area contributed by atoms with Gasteiger partial charge in [-0.25, -0.2) is 4.79 Å². The first-order valence-corrected chi connectivity index (χ1v) is 7.32. The van der Waals surface area contributed by atoms with Gasteiger partial charge in [-0.1, -0.05) is 46.0 Å². The molecule has 0 aromatic carbocycles. The van der Waals surface area contributed by atoms with E-state index >= 15 is 0 Å². The lowest BCUT2D eigenvalue weighted by Crippen LogP contribution is -2.27. The fourth-order valence-electron chi connectivity index (χ4n) is 1.61. The number of primary amides is 1. The number of aliphatic hydroxyl groups excluding tert-OH is 1. The summed E-state index contributed by atoms with van der Waals surface area (Å²) in [7, 11) is 0. The van der Waals surface area contributed by atoms with Crippen LogP contribution in [0.1, 0.15) is 73.1 Å². The van der Waals surface area contributed by atoms with Crippen LogP contribution in [0.2, 0.25) is 0 Å². The van der Waals surface area contributed by atoms with Crippen LogP contribution in [0.5, 0.6) is 0 Å².